The van der Waals surface area contributed by atoms with Crippen molar-refractivity contribution in [2.75, 3.05) is 0 Å². The van der Waals surface area contributed by atoms with Crippen LogP contribution in [0.5, 0.6) is 0 Å². The first kappa shape index (κ1) is 18.6. The van der Waals surface area contributed by atoms with Gasteiger partial charge in [0.2, 0.25) is 0 Å². The number of nitrogens with zero attached hydrogens (tertiary/aromatic N) is 4. The quantitative estimate of drug-likeness (QED) is 0.343. The van der Waals surface area contributed by atoms with Gasteiger partial charge < -0.3 is 0 Å². The number of benzene rings is 3. The summed E-state index contributed by atoms with van der Waals surface area (Å²) in [6.07, 6.45) is 3.23. The lowest BCUT2D eigenvalue weighted by Gasteiger charge is -1.98. The van der Waals surface area contributed by atoms with Gasteiger partial charge in [0, 0.05) is 36.7 Å². The van der Waals surface area contributed by atoms with Crippen molar-refractivity contribution in [3.05, 3.63) is 104 Å². The summed E-state index contributed by atoms with van der Waals surface area (Å²) < 4.78 is 0. The van der Waals surface area contributed by atoms with Crippen LogP contribution in [0.15, 0.2) is 82.8 Å². The Bertz CT molecular complexity index is 976. The smallest absolute Gasteiger partial charge is 0.258 e. The second-order valence-electron chi connectivity index (χ2n) is 5.73. The number of aliphatic imine (C=N–C) groups is 2. The molecule has 0 saturated heterocycles. The minimum Gasteiger partial charge on any atom is -0.258 e. The van der Waals surface area contributed by atoms with Gasteiger partial charge in [-0.15, -0.1) is 0 Å². The van der Waals surface area contributed by atoms with Gasteiger partial charge in [-0.1, -0.05) is 6.07 Å². The van der Waals surface area contributed by atoms with Crippen LogP contribution in [0.3, 0.4) is 0 Å². The predicted molar refractivity (Wildman–Crippen MR) is 107 cm³/mol. The van der Waals surface area contributed by atoms with Crippen LogP contribution in [0.1, 0.15) is 11.1 Å². The Morgan fingerprint density at radius 3 is 1.39 bits per heavy atom. The van der Waals surface area contributed by atoms with E-state index in [9.17, 15) is 20.2 Å². The van der Waals surface area contributed by atoms with Crippen LogP contribution < -0.4 is 0 Å². The highest BCUT2D eigenvalue weighted by Crippen LogP contribution is 2.21. The third kappa shape index (κ3) is 4.92. The Morgan fingerprint density at radius 2 is 1.04 bits per heavy atom. The third-order valence-corrected chi connectivity index (χ3v) is 3.76. The maximum atomic E-state index is 10.7. The van der Waals surface area contributed by atoms with E-state index >= 15 is 0 Å². The maximum Gasteiger partial charge on any atom is 0.269 e. The van der Waals surface area contributed by atoms with Crippen LogP contribution in [-0.2, 0) is 0 Å². The van der Waals surface area contributed by atoms with Crippen molar-refractivity contribution in [1.29, 1.82) is 0 Å². The molecule has 0 aliphatic heterocycles. The Kier molecular flexibility index (Phi) is 5.61. The average Bonchev–Trinajstić information content (AvgIpc) is 2.71. The van der Waals surface area contributed by atoms with E-state index in [1.165, 1.54) is 24.3 Å². The van der Waals surface area contributed by atoms with Crippen molar-refractivity contribution in [2.24, 2.45) is 9.98 Å². The van der Waals surface area contributed by atoms with Crippen molar-refractivity contribution in [3.63, 3.8) is 0 Å². The molecule has 8 heteroatoms. The summed E-state index contributed by atoms with van der Waals surface area (Å²) >= 11 is 0. The molecule has 0 bridgehead atoms. The summed E-state index contributed by atoms with van der Waals surface area (Å²) in [6.45, 7) is 0. The van der Waals surface area contributed by atoms with E-state index in [0.717, 1.165) is 11.1 Å². The van der Waals surface area contributed by atoms with Gasteiger partial charge in [0.1, 0.15) is 0 Å². The number of rotatable bonds is 6. The largest absolute Gasteiger partial charge is 0.269 e. The first-order valence-corrected chi connectivity index (χ1v) is 8.18. The van der Waals surface area contributed by atoms with Crippen LogP contribution in [0, 0.1) is 20.2 Å². The van der Waals surface area contributed by atoms with Crippen LogP contribution >= 0.6 is 0 Å². The molecule has 8 nitrogen and oxygen atoms in total. The molecule has 3 rings (SSSR count). The molecule has 0 spiro atoms. The van der Waals surface area contributed by atoms with Gasteiger partial charge in [0.25, 0.3) is 11.4 Å². The summed E-state index contributed by atoms with van der Waals surface area (Å²) in [7, 11) is 0. The van der Waals surface area contributed by atoms with Crippen molar-refractivity contribution in [2.45, 2.75) is 0 Å². The fraction of sp³-hybridized carbons (Fsp3) is 0. The van der Waals surface area contributed by atoms with E-state index in [-0.39, 0.29) is 11.4 Å². The molecule has 0 radical (unpaired) electrons. The molecule has 0 saturated carbocycles. The van der Waals surface area contributed by atoms with Gasteiger partial charge >= 0.3 is 0 Å². The van der Waals surface area contributed by atoms with Crippen LogP contribution in [0.25, 0.3) is 0 Å². The zero-order valence-corrected chi connectivity index (χ0v) is 14.5. The molecule has 0 aromatic heterocycles. The fourth-order valence-electron chi connectivity index (χ4n) is 2.32. The Morgan fingerprint density at radius 1 is 0.643 bits per heavy atom. The molecule has 0 amide bonds. The lowest BCUT2D eigenvalue weighted by atomic mass is 10.2. The van der Waals surface area contributed by atoms with E-state index in [2.05, 4.69) is 9.98 Å². The second-order valence-corrected chi connectivity index (χ2v) is 5.73. The minimum atomic E-state index is -0.451. The van der Waals surface area contributed by atoms with E-state index < -0.39 is 9.85 Å². The first-order valence-electron chi connectivity index (χ1n) is 8.18. The molecule has 3 aromatic rings. The Hall–Kier alpha value is -4.20. The average molecular weight is 374 g/mol. The monoisotopic (exact) mass is 374 g/mol. The summed E-state index contributed by atoms with van der Waals surface area (Å²) in [5, 5.41) is 21.3. The lowest BCUT2D eigenvalue weighted by molar-refractivity contribution is -0.385. The molecule has 0 N–H and O–H groups in total. The molecule has 138 valence electrons. The SMILES string of the molecule is O=[N+]([O-])c1ccc(C=Nc2cccc(N=Cc3ccc([N+](=O)[O-])cc3)c2)cc1. The molecule has 0 aliphatic rings. The zero-order chi connectivity index (χ0) is 19.9. The molecule has 3 aromatic carbocycles. The van der Waals surface area contributed by atoms with Crippen molar-refractivity contribution in [1.82, 2.24) is 0 Å². The summed E-state index contributed by atoms with van der Waals surface area (Å²) in [5.41, 5.74) is 2.89. The topological polar surface area (TPSA) is 111 Å². The third-order valence-electron chi connectivity index (χ3n) is 3.76. The number of hydrogen-bond acceptors (Lipinski definition) is 6. The molecule has 0 atom stereocenters. The normalized spacial score (nSPS) is 11.1. The van der Waals surface area contributed by atoms with Gasteiger partial charge in [0.05, 0.1) is 21.2 Å². The van der Waals surface area contributed by atoms with Crippen LogP contribution in [0.4, 0.5) is 22.7 Å². The highest BCUT2D eigenvalue weighted by atomic mass is 16.6. The number of non-ortho nitro benzene ring substituents is 2. The number of nitro groups is 2. The molecular weight excluding hydrogens is 360 g/mol. The second kappa shape index (κ2) is 8.45. The zero-order valence-electron chi connectivity index (χ0n) is 14.5. The van der Waals surface area contributed by atoms with Crippen molar-refractivity contribution >= 4 is 35.2 Å². The fourth-order valence-corrected chi connectivity index (χ4v) is 2.32. The van der Waals surface area contributed by atoms with Crippen LogP contribution in [-0.4, -0.2) is 22.3 Å². The van der Waals surface area contributed by atoms with E-state index in [1.54, 1.807) is 42.8 Å². The Labute approximate surface area is 159 Å². The minimum absolute atomic E-state index is 0.0275. The van der Waals surface area contributed by atoms with Gasteiger partial charge in [-0.25, -0.2) is 0 Å². The van der Waals surface area contributed by atoms with Gasteiger partial charge in [0.15, 0.2) is 0 Å². The Balaban J connectivity index is 1.71. The lowest BCUT2D eigenvalue weighted by Crippen LogP contribution is -1.88. The number of hydrogen-bond donors (Lipinski definition) is 0. The summed E-state index contributed by atoms with van der Waals surface area (Å²) in [6, 6.07) is 19.4. The maximum absolute atomic E-state index is 10.7. The van der Waals surface area contributed by atoms with E-state index in [4.69, 9.17) is 0 Å². The molecule has 0 fully saturated rings. The van der Waals surface area contributed by atoms with Crippen molar-refractivity contribution in [3.8, 4) is 0 Å². The standard InChI is InChI=1S/C20H14N4O4/c25-23(26)19-8-4-15(5-9-19)13-21-17-2-1-3-18(12-17)22-14-16-6-10-20(11-7-16)24(27)28/h1-14H. The summed E-state index contributed by atoms with van der Waals surface area (Å²) in [5.74, 6) is 0. The number of nitro benzene ring substituents is 2. The van der Waals surface area contributed by atoms with Crippen molar-refractivity contribution < 1.29 is 9.85 Å². The predicted octanol–water partition coefficient (Wildman–Crippen LogP) is 5.00. The first-order chi connectivity index (χ1) is 13.5. The van der Waals surface area contributed by atoms with Gasteiger partial charge in [-0.3, -0.25) is 30.2 Å². The molecule has 0 heterocycles. The molecule has 0 aliphatic carbocycles. The van der Waals surface area contributed by atoms with E-state index in [0.29, 0.717) is 11.4 Å². The van der Waals surface area contributed by atoms with E-state index in [1.807, 2.05) is 18.2 Å². The summed E-state index contributed by atoms with van der Waals surface area (Å²) in [4.78, 5) is 29.1. The van der Waals surface area contributed by atoms with Crippen LogP contribution in [0.2, 0.25) is 0 Å². The molecular formula is C20H14N4O4. The van der Waals surface area contributed by atoms with Gasteiger partial charge in [-0.2, -0.15) is 0 Å². The highest BCUT2D eigenvalue weighted by Gasteiger charge is 2.03. The highest BCUT2D eigenvalue weighted by molar-refractivity contribution is 5.84. The van der Waals surface area contributed by atoms with Gasteiger partial charge in [-0.05, 0) is 53.6 Å². The molecule has 0 unspecified atom stereocenters. The molecule has 28 heavy (non-hydrogen) atoms.